The van der Waals surface area contributed by atoms with E-state index >= 15 is 0 Å². The average Bonchev–Trinajstić information content (AvgIpc) is 3.10. The maximum atomic E-state index is 13.1. The highest BCUT2D eigenvalue weighted by molar-refractivity contribution is 5.77. The van der Waals surface area contributed by atoms with Crippen molar-refractivity contribution in [1.29, 1.82) is 0 Å². The van der Waals surface area contributed by atoms with Crippen LogP contribution in [0.1, 0.15) is 44.0 Å². The molecule has 0 aliphatic rings. The van der Waals surface area contributed by atoms with Gasteiger partial charge in [0.2, 0.25) is 5.91 Å². The first-order valence-corrected chi connectivity index (χ1v) is 9.61. The number of aromatic nitrogens is 2. The summed E-state index contributed by atoms with van der Waals surface area (Å²) in [4.78, 5) is 22.5. The van der Waals surface area contributed by atoms with Gasteiger partial charge in [-0.3, -0.25) is 4.79 Å². The Bertz CT molecular complexity index is 840. The van der Waals surface area contributed by atoms with Gasteiger partial charge in [0, 0.05) is 25.9 Å². The molecule has 0 aliphatic carbocycles. The molecule has 0 unspecified atom stereocenters. The van der Waals surface area contributed by atoms with Gasteiger partial charge >= 0.3 is 0 Å². The molecule has 142 valence electrons. The smallest absolute Gasteiger partial charge is 0.223 e. The summed E-state index contributed by atoms with van der Waals surface area (Å²) in [5.74, 6) is 0.684. The molecule has 0 bridgehead atoms. The molecular weight excluding hydrogens is 341 g/mol. The molecule has 2 aromatic carbocycles. The second-order valence-electron chi connectivity index (χ2n) is 6.85. The number of unbranched alkanes of at least 4 members (excludes halogenated alkanes) is 2. The topological polar surface area (TPSA) is 49.0 Å². The van der Waals surface area contributed by atoms with E-state index in [0.29, 0.717) is 19.4 Å². The number of amides is 1. The Balaban J connectivity index is 1.62. The predicted molar refractivity (Wildman–Crippen MR) is 106 cm³/mol. The third kappa shape index (κ3) is 5.39. The number of fused-ring (bicyclic) bond motifs is 1. The second-order valence-corrected chi connectivity index (χ2v) is 6.85. The molecule has 1 N–H and O–H groups in total. The molecule has 1 heterocycles. The third-order valence-corrected chi connectivity index (χ3v) is 4.69. The molecule has 0 saturated carbocycles. The van der Waals surface area contributed by atoms with Gasteiger partial charge < -0.3 is 9.88 Å². The number of H-pyrrole nitrogens is 1. The van der Waals surface area contributed by atoms with Crippen LogP contribution in [0.5, 0.6) is 0 Å². The molecule has 0 atom stereocenters. The van der Waals surface area contributed by atoms with E-state index in [2.05, 4.69) is 16.9 Å². The number of aryl methyl sites for hydroxylation is 1. The summed E-state index contributed by atoms with van der Waals surface area (Å²) in [6.45, 7) is 3.39. The Morgan fingerprint density at radius 2 is 1.89 bits per heavy atom. The number of carbonyl (C=O) groups is 1. The number of aromatic amines is 1. The molecule has 0 saturated heterocycles. The zero-order chi connectivity index (χ0) is 19.1. The molecule has 3 rings (SSSR count). The Morgan fingerprint density at radius 3 is 2.63 bits per heavy atom. The fourth-order valence-corrected chi connectivity index (χ4v) is 3.16. The van der Waals surface area contributed by atoms with E-state index < -0.39 is 0 Å². The van der Waals surface area contributed by atoms with E-state index in [4.69, 9.17) is 0 Å². The van der Waals surface area contributed by atoms with Crippen molar-refractivity contribution in [2.75, 3.05) is 6.54 Å². The fraction of sp³-hybridized carbons (Fsp3) is 0.364. The molecule has 4 nitrogen and oxygen atoms in total. The SMILES string of the molecule is CCCCCN(Cc1ccc(F)cc1)C(=O)CCc1nc2ccccc2[nH]1. The lowest BCUT2D eigenvalue weighted by molar-refractivity contribution is -0.131. The molecule has 1 amide bonds. The summed E-state index contributed by atoms with van der Waals surface area (Å²) in [5, 5.41) is 0. The number of carbonyl (C=O) groups excluding carboxylic acids is 1. The van der Waals surface area contributed by atoms with E-state index in [1.54, 1.807) is 12.1 Å². The maximum Gasteiger partial charge on any atom is 0.223 e. The molecule has 0 spiro atoms. The third-order valence-electron chi connectivity index (χ3n) is 4.69. The summed E-state index contributed by atoms with van der Waals surface area (Å²) in [7, 11) is 0. The van der Waals surface area contributed by atoms with Gasteiger partial charge in [-0.15, -0.1) is 0 Å². The Labute approximate surface area is 159 Å². The van der Waals surface area contributed by atoms with Gasteiger partial charge in [-0.2, -0.15) is 0 Å². The minimum atomic E-state index is -0.257. The van der Waals surface area contributed by atoms with Crippen LogP contribution in [0.3, 0.4) is 0 Å². The van der Waals surface area contributed by atoms with Crippen molar-refractivity contribution in [3.05, 3.63) is 65.7 Å². The summed E-state index contributed by atoms with van der Waals surface area (Å²) in [5.41, 5.74) is 2.86. The largest absolute Gasteiger partial charge is 0.342 e. The average molecular weight is 367 g/mol. The highest BCUT2D eigenvalue weighted by atomic mass is 19.1. The highest BCUT2D eigenvalue weighted by Crippen LogP contribution is 2.14. The predicted octanol–water partition coefficient (Wildman–Crippen LogP) is 4.85. The zero-order valence-corrected chi connectivity index (χ0v) is 15.7. The van der Waals surface area contributed by atoms with Crippen molar-refractivity contribution < 1.29 is 9.18 Å². The normalized spacial score (nSPS) is 11.0. The van der Waals surface area contributed by atoms with Crippen LogP contribution in [0, 0.1) is 5.82 Å². The van der Waals surface area contributed by atoms with Crippen LogP contribution in [0.25, 0.3) is 11.0 Å². The van der Waals surface area contributed by atoms with Gasteiger partial charge in [-0.25, -0.2) is 9.37 Å². The quantitative estimate of drug-likeness (QED) is 0.550. The molecule has 5 heteroatoms. The Hall–Kier alpha value is -2.69. The van der Waals surface area contributed by atoms with Crippen molar-refractivity contribution in [3.8, 4) is 0 Å². The lowest BCUT2D eigenvalue weighted by atomic mass is 10.1. The number of para-hydroxylation sites is 2. The zero-order valence-electron chi connectivity index (χ0n) is 15.7. The molecule has 3 aromatic rings. The van der Waals surface area contributed by atoms with Gasteiger partial charge in [0.25, 0.3) is 0 Å². The first-order chi connectivity index (χ1) is 13.2. The van der Waals surface area contributed by atoms with Crippen LogP contribution in [0.2, 0.25) is 0 Å². The van der Waals surface area contributed by atoms with Crippen molar-refractivity contribution in [1.82, 2.24) is 14.9 Å². The summed E-state index contributed by atoms with van der Waals surface area (Å²) >= 11 is 0. The van der Waals surface area contributed by atoms with E-state index in [1.165, 1.54) is 12.1 Å². The molecule has 0 aliphatic heterocycles. The van der Waals surface area contributed by atoms with Crippen molar-refractivity contribution in [2.45, 2.75) is 45.6 Å². The second kappa shape index (κ2) is 9.31. The van der Waals surface area contributed by atoms with E-state index in [1.807, 2.05) is 29.2 Å². The number of halogens is 1. The van der Waals surface area contributed by atoms with Gasteiger partial charge in [0.05, 0.1) is 11.0 Å². The summed E-state index contributed by atoms with van der Waals surface area (Å²) < 4.78 is 13.1. The summed E-state index contributed by atoms with van der Waals surface area (Å²) in [6.07, 6.45) is 4.18. The molecule has 0 radical (unpaired) electrons. The van der Waals surface area contributed by atoms with Crippen LogP contribution in [-0.2, 0) is 17.8 Å². The highest BCUT2D eigenvalue weighted by Gasteiger charge is 2.15. The molecule has 27 heavy (non-hydrogen) atoms. The number of hydrogen-bond donors (Lipinski definition) is 1. The minimum absolute atomic E-state index is 0.107. The maximum absolute atomic E-state index is 13.1. The minimum Gasteiger partial charge on any atom is -0.342 e. The van der Waals surface area contributed by atoms with Crippen molar-refractivity contribution in [3.63, 3.8) is 0 Å². The van der Waals surface area contributed by atoms with Gasteiger partial charge in [-0.1, -0.05) is 44.0 Å². The lowest BCUT2D eigenvalue weighted by Crippen LogP contribution is -2.31. The van der Waals surface area contributed by atoms with Crippen LogP contribution < -0.4 is 0 Å². The Kier molecular flexibility index (Phi) is 6.58. The van der Waals surface area contributed by atoms with E-state index in [0.717, 1.165) is 48.2 Å². The first-order valence-electron chi connectivity index (χ1n) is 9.61. The number of imidazole rings is 1. The number of nitrogens with one attached hydrogen (secondary N) is 1. The number of hydrogen-bond acceptors (Lipinski definition) is 2. The van der Waals surface area contributed by atoms with Gasteiger partial charge in [0.1, 0.15) is 11.6 Å². The molecular formula is C22H26FN3O. The van der Waals surface area contributed by atoms with Crippen molar-refractivity contribution >= 4 is 16.9 Å². The Morgan fingerprint density at radius 1 is 1.11 bits per heavy atom. The summed E-state index contributed by atoms with van der Waals surface area (Å²) in [6, 6.07) is 14.2. The first kappa shape index (κ1) is 19.1. The molecule has 0 fully saturated rings. The monoisotopic (exact) mass is 367 g/mol. The van der Waals surface area contributed by atoms with Gasteiger partial charge in [0.15, 0.2) is 0 Å². The fourth-order valence-electron chi connectivity index (χ4n) is 3.16. The lowest BCUT2D eigenvalue weighted by Gasteiger charge is -2.23. The van der Waals surface area contributed by atoms with E-state index in [9.17, 15) is 9.18 Å². The van der Waals surface area contributed by atoms with Crippen LogP contribution in [-0.4, -0.2) is 27.3 Å². The number of rotatable bonds is 9. The molecule has 1 aromatic heterocycles. The van der Waals surface area contributed by atoms with E-state index in [-0.39, 0.29) is 11.7 Å². The number of benzene rings is 2. The van der Waals surface area contributed by atoms with Crippen LogP contribution in [0.15, 0.2) is 48.5 Å². The van der Waals surface area contributed by atoms with Crippen molar-refractivity contribution in [2.24, 2.45) is 0 Å². The van der Waals surface area contributed by atoms with Gasteiger partial charge in [-0.05, 0) is 36.2 Å². The van der Waals surface area contributed by atoms with Crippen LogP contribution >= 0.6 is 0 Å². The van der Waals surface area contributed by atoms with Crippen LogP contribution in [0.4, 0.5) is 4.39 Å². The standard InChI is InChI=1S/C22H26FN3O/c1-2-3-6-15-26(16-17-9-11-18(23)12-10-17)22(27)14-13-21-24-19-7-4-5-8-20(19)25-21/h4-5,7-12H,2-3,6,13-16H2,1H3,(H,24,25). The number of nitrogens with zero attached hydrogens (tertiary/aromatic N) is 2.